The molecule has 3 heteroatoms. The molecule has 1 unspecified atom stereocenters. The lowest BCUT2D eigenvalue weighted by molar-refractivity contribution is -0.148. The molecule has 0 radical (unpaired) electrons. The molecule has 0 aliphatic carbocycles. The number of ether oxygens (including phenoxy) is 1. The van der Waals surface area contributed by atoms with Crippen molar-refractivity contribution in [1.29, 1.82) is 0 Å². The van der Waals surface area contributed by atoms with Gasteiger partial charge in [-0.1, -0.05) is 51.9 Å². The van der Waals surface area contributed by atoms with Crippen molar-refractivity contribution >= 4 is 5.97 Å². The van der Waals surface area contributed by atoms with E-state index in [0.717, 1.165) is 19.3 Å². The molecule has 21 heavy (non-hydrogen) atoms. The highest BCUT2D eigenvalue weighted by molar-refractivity contribution is 5.72. The van der Waals surface area contributed by atoms with Crippen LogP contribution in [0.15, 0.2) is 0 Å². The molecule has 0 aromatic carbocycles. The first-order chi connectivity index (χ1) is 10.2. The minimum Gasteiger partial charge on any atom is -0.479 e. The largest absolute Gasteiger partial charge is 0.479 e. The van der Waals surface area contributed by atoms with Crippen LogP contribution in [0.4, 0.5) is 0 Å². The zero-order valence-corrected chi connectivity index (χ0v) is 13.8. The van der Waals surface area contributed by atoms with E-state index in [1.165, 1.54) is 58.5 Å². The highest BCUT2D eigenvalue weighted by atomic mass is 16.5. The number of carbonyl (C=O) groups is 1. The summed E-state index contributed by atoms with van der Waals surface area (Å²) in [6.07, 6.45) is 13.0. The predicted molar refractivity (Wildman–Crippen MR) is 87.3 cm³/mol. The number of unbranched alkanes of at least 4 members (excludes halogenated alkanes) is 9. The van der Waals surface area contributed by atoms with Gasteiger partial charge in [-0.25, -0.2) is 4.79 Å². The van der Waals surface area contributed by atoms with Crippen molar-refractivity contribution in [2.45, 2.75) is 90.1 Å². The smallest absolute Gasteiger partial charge is 0.332 e. The lowest BCUT2D eigenvalue weighted by Gasteiger charge is -2.07. The van der Waals surface area contributed by atoms with E-state index in [2.05, 4.69) is 18.8 Å². The van der Waals surface area contributed by atoms with Gasteiger partial charge in [-0.2, -0.15) is 0 Å². The molecule has 0 aliphatic heterocycles. The van der Waals surface area contributed by atoms with Gasteiger partial charge >= 0.3 is 5.97 Å². The Hall–Kier alpha value is -1.01. The normalized spacial score (nSPS) is 11.7. The average molecular weight is 296 g/mol. The van der Waals surface area contributed by atoms with Gasteiger partial charge in [-0.3, -0.25) is 0 Å². The molecule has 0 aromatic rings. The van der Waals surface area contributed by atoms with E-state index in [1.807, 2.05) is 0 Å². The molecule has 0 saturated carbocycles. The number of hydrogen-bond donors (Lipinski definition) is 1. The molecule has 0 heterocycles. The van der Waals surface area contributed by atoms with Crippen molar-refractivity contribution in [2.24, 2.45) is 0 Å². The Bertz CT molecular complexity index is 301. The topological polar surface area (TPSA) is 46.5 Å². The molecule has 0 rings (SSSR count). The lowest BCUT2D eigenvalue weighted by Crippen LogP contribution is -2.21. The fraction of sp³-hybridized carbons (Fsp3) is 0.833. The molecule has 3 nitrogen and oxygen atoms in total. The number of rotatable bonds is 13. The Morgan fingerprint density at radius 1 is 0.952 bits per heavy atom. The zero-order valence-electron chi connectivity index (χ0n) is 13.8. The van der Waals surface area contributed by atoms with Crippen molar-refractivity contribution in [3.63, 3.8) is 0 Å². The third-order valence-corrected chi connectivity index (χ3v) is 3.61. The molecule has 122 valence electrons. The molecule has 1 N–H and O–H groups in total. The molecule has 0 fully saturated rings. The average Bonchev–Trinajstić information content (AvgIpc) is 2.47. The second kappa shape index (κ2) is 15.4. The minimum atomic E-state index is -0.885. The monoisotopic (exact) mass is 296 g/mol. The quantitative estimate of drug-likeness (QED) is 0.392. The SMILES string of the molecule is CCCCCCCCCCC#CCCCC(OC)C(=O)O. The van der Waals surface area contributed by atoms with Crippen LogP contribution in [-0.2, 0) is 9.53 Å². The Morgan fingerprint density at radius 3 is 2.00 bits per heavy atom. The van der Waals surface area contributed by atoms with Crippen LogP contribution in [0, 0.1) is 11.8 Å². The van der Waals surface area contributed by atoms with Crippen molar-refractivity contribution in [3.8, 4) is 11.8 Å². The van der Waals surface area contributed by atoms with Gasteiger partial charge in [0.2, 0.25) is 0 Å². The predicted octanol–water partition coefficient (Wildman–Crippen LogP) is 4.79. The van der Waals surface area contributed by atoms with E-state index in [-0.39, 0.29) is 0 Å². The summed E-state index contributed by atoms with van der Waals surface area (Å²) in [4.78, 5) is 10.7. The van der Waals surface area contributed by atoms with Gasteiger partial charge in [-0.15, -0.1) is 11.8 Å². The van der Waals surface area contributed by atoms with Crippen LogP contribution < -0.4 is 0 Å². The third kappa shape index (κ3) is 13.7. The summed E-state index contributed by atoms with van der Waals surface area (Å²) in [6.45, 7) is 2.25. The van der Waals surface area contributed by atoms with Crippen molar-refractivity contribution in [2.75, 3.05) is 7.11 Å². The molecule has 0 aromatic heterocycles. The van der Waals surface area contributed by atoms with Crippen molar-refractivity contribution < 1.29 is 14.6 Å². The molecule has 0 amide bonds. The van der Waals surface area contributed by atoms with Gasteiger partial charge in [0.05, 0.1) is 0 Å². The zero-order chi connectivity index (χ0) is 15.8. The highest BCUT2D eigenvalue weighted by Crippen LogP contribution is 2.09. The van der Waals surface area contributed by atoms with Gasteiger partial charge in [0.15, 0.2) is 6.10 Å². The molecular formula is C18H32O3. The van der Waals surface area contributed by atoms with Gasteiger partial charge < -0.3 is 9.84 Å². The number of methoxy groups -OCH3 is 1. The molecule has 0 bridgehead atoms. The summed E-state index contributed by atoms with van der Waals surface area (Å²) in [5.41, 5.74) is 0. The highest BCUT2D eigenvalue weighted by Gasteiger charge is 2.14. The van der Waals surface area contributed by atoms with Crippen LogP contribution in [0.1, 0.15) is 84.0 Å². The maximum Gasteiger partial charge on any atom is 0.332 e. The summed E-state index contributed by atoms with van der Waals surface area (Å²) in [5.74, 6) is 5.42. The number of hydrogen-bond acceptors (Lipinski definition) is 2. The summed E-state index contributed by atoms with van der Waals surface area (Å²) in [5, 5.41) is 8.80. The van der Waals surface area contributed by atoms with Crippen LogP contribution in [0.2, 0.25) is 0 Å². The number of aliphatic carboxylic acids is 1. The Balaban J connectivity index is 3.32. The standard InChI is InChI=1S/C18H32O3/c1-3-4-5-6-7-8-9-10-11-12-13-14-15-16-17(21-2)18(19)20/h17H,3-11,14-16H2,1-2H3,(H,19,20). The maximum absolute atomic E-state index is 10.7. The molecule has 0 saturated heterocycles. The van der Waals surface area contributed by atoms with Gasteiger partial charge in [-0.05, 0) is 19.3 Å². The van der Waals surface area contributed by atoms with E-state index in [4.69, 9.17) is 9.84 Å². The van der Waals surface area contributed by atoms with E-state index >= 15 is 0 Å². The van der Waals surface area contributed by atoms with E-state index in [1.54, 1.807) is 0 Å². The van der Waals surface area contributed by atoms with Crippen LogP contribution in [-0.4, -0.2) is 24.3 Å². The van der Waals surface area contributed by atoms with Gasteiger partial charge in [0, 0.05) is 20.0 Å². The molecule has 0 aliphatic rings. The molecule has 1 atom stereocenters. The van der Waals surface area contributed by atoms with Gasteiger partial charge in [0.1, 0.15) is 0 Å². The first-order valence-corrected chi connectivity index (χ1v) is 8.43. The first kappa shape index (κ1) is 20.0. The molecular weight excluding hydrogens is 264 g/mol. The van der Waals surface area contributed by atoms with Crippen LogP contribution in [0.3, 0.4) is 0 Å². The summed E-state index contributed by atoms with van der Waals surface area (Å²) in [7, 11) is 1.44. The maximum atomic E-state index is 10.7. The third-order valence-electron chi connectivity index (χ3n) is 3.61. The van der Waals surface area contributed by atoms with Crippen molar-refractivity contribution in [3.05, 3.63) is 0 Å². The van der Waals surface area contributed by atoms with Crippen LogP contribution in [0.25, 0.3) is 0 Å². The second-order valence-electron chi connectivity index (χ2n) is 5.53. The molecule has 0 spiro atoms. The number of carboxylic acids is 1. The van der Waals surface area contributed by atoms with E-state index in [9.17, 15) is 4.79 Å². The minimum absolute atomic E-state index is 0.540. The van der Waals surface area contributed by atoms with Crippen molar-refractivity contribution in [1.82, 2.24) is 0 Å². The van der Waals surface area contributed by atoms with Crippen LogP contribution >= 0.6 is 0 Å². The van der Waals surface area contributed by atoms with E-state index < -0.39 is 12.1 Å². The van der Waals surface area contributed by atoms with Crippen LogP contribution in [0.5, 0.6) is 0 Å². The van der Waals surface area contributed by atoms with E-state index in [0.29, 0.717) is 6.42 Å². The number of carboxylic acid groups (broad SMARTS) is 1. The Morgan fingerprint density at radius 2 is 1.48 bits per heavy atom. The summed E-state index contributed by atoms with van der Waals surface area (Å²) >= 11 is 0. The second-order valence-corrected chi connectivity index (χ2v) is 5.53. The lowest BCUT2D eigenvalue weighted by atomic mass is 10.1. The summed E-state index contributed by atoms with van der Waals surface area (Å²) in [6, 6.07) is 0. The Labute approximate surface area is 130 Å². The Kier molecular flexibility index (Phi) is 14.6. The first-order valence-electron chi connectivity index (χ1n) is 8.43. The fourth-order valence-corrected chi connectivity index (χ4v) is 2.24. The fourth-order valence-electron chi connectivity index (χ4n) is 2.24. The summed E-state index contributed by atoms with van der Waals surface area (Å²) < 4.78 is 4.87. The van der Waals surface area contributed by atoms with Gasteiger partial charge in [0.25, 0.3) is 0 Å².